The molecule has 0 heterocycles. The Morgan fingerprint density at radius 3 is 2.27 bits per heavy atom. The van der Waals surface area contributed by atoms with E-state index in [1.165, 1.54) is 5.56 Å². The van der Waals surface area contributed by atoms with Crippen molar-refractivity contribution < 1.29 is 15.0 Å². The fourth-order valence-electron chi connectivity index (χ4n) is 4.74. The van der Waals surface area contributed by atoms with Gasteiger partial charge in [0.1, 0.15) is 0 Å². The third-order valence-electron chi connectivity index (χ3n) is 6.81. The quantitative estimate of drug-likeness (QED) is 0.300. The first-order valence-electron chi connectivity index (χ1n) is 11.7. The van der Waals surface area contributed by atoms with Crippen LogP contribution in [0.3, 0.4) is 0 Å². The van der Waals surface area contributed by atoms with Gasteiger partial charge in [0.25, 0.3) is 0 Å². The standard InChI is InChI=1S/C26H34Cl2N2O3/c27-22-13-21(14-23(28)25(22)29)24(31)16-30-15-19-8-6-18(7-9-19)12-20(26(32)33)11-10-17-4-2-1-3-5-17/h1-5,13-14,18-20,24,30-31H,6-12,15-16,29H2,(H,32,33). The molecular formula is C26H34Cl2N2O3. The van der Waals surface area contributed by atoms with E-state index in [-0.39, 0.29) is 5.92 Å². The van der Waals surface area contributed by atoms with Gasteiger partial charge in [-0.15, -0.1) is 0 Å². The SMILES string of the molecule is Nc1c(Cl)cc(C(O)CNCC2CCC(CC(CCc3ccccc3)C(=O)O)CC2)cc1Cl. The van der Waals surface area contributed by atoms with Gasteiger partial charge in [-0.1, -0.05) is 66.4 Å². The number of aryl methyl sites for hydroxylation is 1. The molecule has 2 unspecified atom stereocenters. The number of nitrogens with two attached hydrogens (primary N) is 1. The van der Waals surface area contributed by atoms with Crippen molar-refractivity contribution in [3.63, 3.8) is 0 Å². The lowest BCUT2D eigenvalue weighted by Gasteiger charge is -2.30. The lowest BCUT2D eigenvalue weighted by Crippen LogP contribution is -2.30. The smallest absolute Gasteiger partial charge is 0.306 e. The van der Waals surface area contributed by atoms with Gasteiger partial charge in [0.15, 0.2) is 0 Å². The van der Waals surface area contributed by atoms with Gasteiger partial charge in [0.05, 0.1) is 27.8 Å². The Bertz CT molecular complexity index is 879. The predicted molar refractivity (Wildman–Crippen MR) is 135 cm³/mol. The van der Waals surface area contributed by atoms with E-state index in [2.05, 4.69) is 17.4 Å². The second-order valence-corrected chi connectivity index (χ2v) is 10.1. The van der Waals surface area contributed by atoms with E-state index in [9.17, 15) is 15.0 Å². The van der Waals surface area contributed by atoms with Gasteiger partial charge in [-0.3, -0.25) is 4.79 Å². The Morgan fingerprint density at radius 2 is 1.67 bits per heavy atom. The summed E-state index contributed by atoms with van der Waals surface area (Å²) in [6.07, 6.45) is 5.84. The third kappa shape index (κ3) is 7.89. The normalized spacial score (nSPS) is 20.3. The van der Waals surface area contributed by atoms with E-state index >= 15 is 0 Å². The average Bonchev–Trinajstić information content (AvgIpc) is 2.81. The molecule has 0 aromatic heterocycles. The van der Waals surface area contributed by atoms with E-state index < -0.39 is 12.1 Å². The van der Waals surface area contributed by atoms with Crippen molar-refractivity contribution in [2.45, 2.75) is 51.0 Å². The number of halogens is 2. The minimum Gasteiger partial charge on any atom is -0.481 e. The monoisotopic (exact) mass is 492 g/mol. The number of aliphatic carboxylic acids is 1. The van der Waals surface area contributed by atoms with Crippen LogP contribution in [0.2, 0.25) is 10.0 Å². The van der Waals surface area contributed by atoms with Crippen LogP contribution >= 0.6 is 23.2 Å². The van der Waals surface area contributed by atoms with Gasteiger partial charge in [0.2, 0.25) is 0 Å². The molecule has 5 nitrogen and oxygen atoms in total. The molecule has 0 bridgehead atoms. The zero-order chi connectivity index (χ0) is 23.8. The van der Waals surface area contributed by atoms with Gasteiger partial charge >= 0.3 is 5.97 Å². The van der Waals surface area contributed by atoms with Crippen LogP contribution in [0, 0.1) is 17.8 Å². The molecule has 1 saturated carbocycles. The Hall–Kier alpha value is -1.79. The molecule has 33 heavy (non-hydrogen) atoms. The van der Waals surface area contributed by atoms with Crippen LogP contribution in [0.5, 0.6) is 0 Å². The van der Waals surface area contributed by atoms with Crippen LogP contribution in [0.1, 0.15) is 55.8 Å². The summed E-state index contributed by atoms with van der Waals surface area (Å²) in [4.78, 5) is 11.8. The molecule has 0 amide bonds. The summed E-state index contributed by atoms with van der Waals surface area (Å²) in [6.45, 7) is 1.24. The molecule has 0 aliphatic heterocycles. The molecule has 2 aromatic carbocycles. The zero-order valence-electron chi connectivity index (χ0n) is 18.9. The Morgan fingerprint density at radius 1 is 1.06 bits per heavy atom. The Balaban J connectivity index is 1.38. The number of hydrogen-bond donors (Lipinski definition) is 4. The van der Waals surface area contributed by atoms with E-state index in [4.69, 9.17) is 28.9 Å². The number of nitrogens with one attached hydrogen (secondary N) is 1. The van der Waals surface area contributed by atoms with Crippen molar-refractivity contribution in [2.75, 3.05) is 18.8 Å². The minimum absolute atomic E-state index is 0.279. The zero-order valence-corrected chi connectivity index (χ0v) is 20.4. The highest BCUT2D eigenvalue weighted by atomic mass is 35.5. The molecule has 180 valence electrons. The van der Waals surface area contributed by atoms with Crippen LogP contribution in [0.4, 0.5) is 5.69 Å². The highest BCUT2D eigenvalue weighted by Gasteiger charge is 2.27. The van der Waals surface area contributed by atoms with Crippen LogP contribution < -0.4 is 11.1 Å². The second-order valence-electron chi connectivity index (χ2n) is 9.25. The fourth-order valence-corrected chi connectivity index (χ4v) is 5.24. The Kier molecular flexibility index (Phi) is 9.87. The topological polar surface area (TPSA) is 95.6 Å². The van der Waals surface area contributed by atoms with Gasteiger partial charge < -0.3 is 21.3 Å². The molecule has 2 aromatic rings. The molecule has 2 atom stereocenters. The molecule has 3 rings (SSSR count). The van der Waals surface area contributed by atoms with Gasteiger partial charge in [-0.25, -0.2) is 0 Å². The highest BCUT2D eigenvalue weighted by Crippen LogP contribution is 2.34. The first kappa shape index (κ1) is 25.8. The lowest BCUT2D eigenvalue weighted by molar-refractivity contribution is -0.142. The van der Waals surface area contributed by atoms with E-state index in [0.29, 0.717) is 46.1 Å². The molecule has 0 spiro atoms. The molecule has 1 fully saturated rings. The van der Waals surface area contributed by atoms with Crippen molar-refractivity contribution in [3.8, 4) is 0 Å². The molecular weight excluding hydrogens is 459 g/mol. The summed E-state index contributed by atoms with van der Waals surface area (Å²) in [6, 6.07) is 13.4. The number of carboxylic acid groups (broad SMARTS) is 1. The number of carboxylic acids is 1. The predicted octanol–water partition coefficient (Wildman–Crippen LogP) is 5.73. The summed E-state index contributed by atoms with van der Waals surface area (Å²) in [5.41, 5.74) is 7.92. The van der Waals surface area contributed by atoms with Crippen LogP contribution in [-0.4, -0.2) is 29.3 Å². The molecule has 0 radical (unpaired) electrons. The second kappa shape index (κ2) is 12.6. The van der Waals surface area contributed by atoms with Crippen molar-refractivity contribution in [1.82, 2.24) is 5.32 Å². The number of anilines is 1. The summed E-state index contributed by atoms with van der Waals surface area (Å²) >= 11 is 12.1. The van der Waals surface area contributed by atoms with Gasteiger partial charge in [-0.05, 0) is 73.7 Å². The number of rotatable bonds is 11. The lowest BCUT2D eigenvalue weighted by atomic mass is 9.77. The average molecular weight is 493 g/mol. The third-order valence-corrected chi connectivity index (χ3v) is 7.44. The maximum absolute atomic E-state index is 11.8. The van der Waals surface area contributed by atoms with Crippen molar-refractivity contribution in [2.24, 2.45) is 17.8 Å². The van der Waals surface area contributed by atoms with Gasteiger partial charge in [0, 0.05) is 6.54 Å². The van der Waals surface area contributed by atoms with Crippen LogP contribution in [0.15, 0.2) is 42.5 Å². The first-order valence-corrected chi connectivity index (χ1v) is 12.5. The van der Waals surface area contributed by atoms with Crippen molar-refractivity contribution in [3.05, 3.63) is 63.6 Å². The summed E-state index contributed by atoms with van der Waals surface area (Å²) in [7, 11) is 0. The number of aliphatic hydroxyl groups is 1. The van der Waals surface area contributed by atoms with E-state index in [0.717, 1.165) is 45.1 Å². The maximum Gasteiger partial charge on any atom is 0.306 e. The summed E-state index contributed by atoms with van der Waals surface area (Å²) in [5, 5.41) is 24.2. The number of carbonyl (C=O) groups is 1. The fraction of sp³-hybridized carbons (Fsp3) is 0.500. The van der Waals surface area contributed by atoms with Crippen LogP contribution in [0.25, 0.3) is 0 Å². The van der Waals surface area contributed by atoms with Crippen molar-refractivity contribution >= 4 is 34.9 Å². The summed E-state index contributed by atoms with van der Waals surface area (Å²) in [5.74, 6) is 0.0626. The van der Waals surface area contributed by atoms with E-state index in [1.54, 1.807) is 12.1 Å². The molecule has 5 N–H and O–H groups in total. The van der Waals surface area contributed by atoms with Gasteiger partial charge in [-0.2, -0.15) is 0 Å². The maximum atomic E-state index is 11.8. The minimum atomic E-state index is -0.710. The first-order chi connectivity index (χ1) is 15.8. The van der Waals surface area contributed by atoms with Crippen molar-refractivity contribution in [1.29, 1.82) is 0 Å². The molecule has 1 aliphatic rings. The highest BCUT2D eigenvalue weighted by molar-refractivity contribution is 6.38. The summed E-state index contributed by atoms with van der Waals surface area (Å²) < 4.78 is 0. The van der Waals surface area contributed by atoms with E-state index in [1.807, 2.05) is 18.2 Å². The van der Waals surface area contributed by atoms with Crippen LogP contribution in [-0.2, 0) is 11.2 Å². The molecule has 7 heteroatoms. The number of benzene rings is 2. The number of aliphatic hydroxyl groups excluding tert-OH is 1. The largest absolute Gasteiger partial charge is 0.481 e. The Labute approximate surface area is 206 Å². The molecule has 1 aliphatic carbocycles. The number of nitrogen functional groups attached to an aromatic ring is 1. The number of hydrogen-bond acceptors (Lipinski definition) is 4. The molecule has 0 saturated heterocycles.